The molecule has 1 amide bonds. The van der Waals surface area contributed by atoms with Gasteiger partial charge in [0.1, 0.15) is 0 Å². The average molecular weight is 226 g/mol. The maximum Gasteiger partial charge on any atom is 0.224 e. The summed E-state index contributed by atoms with van der Waals surface area (Å²) in [5.74, 6) is 0.419. The Labute approximate surface area is 93.4 Å². The van der Waals surface area contributed by atoms with Gasteiger partial charge in [0.2, 0.25) is 5.91 Å². The zero-order chi connectivity index (χ0) is 10.7. The second kappa shape index (κ2) is 4.64. The van der Waals surface area contributed by atoms with Gasteiger partial charge in [0.05, 0.1) is 13.2 Å². The highest BCUT2D eigenvalue weighted by Crippen LogP contribution is 2.17. The summed E-state index contributed by atoms with van der Waals surface area (Å²) in [6.45, 7) is 1.40. The molecule has 1 aliphatic heterocycles. The smallest absolute Gasteiger partial charge is 0.224 e. The Hall–Kier alpha value is -1.06. The van der Waals surface area contributed by atoms with Crippen LogP contribution in [0.4, 0.5) is 5.69 Å². The van der Waals surface area contributed by atoms with Crippen LogP contribution in [-0.4, -0.2) is 19.1 Å². The van der Waals surface area contributed by atoms with Gasteiger partial charge in [-0.3, -0.25) is 4.79 Å². The summed E-state index contributed by atoms with van der Waals surface area (Å²) in [5.41, 5.74) is 0.782. The van der Waals surface area contributed by atoms with Crippen LogP contribution in [0.5, 0.6) is 0 Å². The Morgan fingerprint density at radius 3 is 2.60 bits per heavy atom. The summed E-state index contributed by atoms with van der Waals surface area (Å²) < 4.78 is 5.00. The number of benzene rings is 1. The third-order valence-electron chi connectivity index (χ3n) is 2.31. The van der Waals surface area contributed by atoms with E-state index >= 15 is 0 Å². The van der Waals surface area contributed by atoms with E-state index in [1.807, 2.05) is 0 Å². The molecule has 0 bridgehead atoms. The monoisotopic (exact) mass is 225 g/mol. The Kier molecular flexibility index (Phi) is 3.23. The van der Waals surface area contributed by atoms with Crippen LogP contribution in [0.3, 0.4) is 0 Å². The topological polar surface area (TPSA) is 38.3 Å². The van der Waals surface area contributed by atoms with Crippen molar-refractivity contribution in [3.8, 4) is 0 Å². The predicted molar refractivity (Wildman–Crippen MR) is 59.0 cm³/mol. The van der Waals surface area contributed by atoms with Crippen molar-refractivity contribution in [1.82, 2.24) is 0 Å². The summed E-state index contributed by atoms with van der Waals surface area (Å²) in [6, 6.07) is 7.09. The number of nitrogens with one attached hydrogen (secondary N) is 1. The van der Waals surface area contributed by atoms with Crippen LogP contribution in [0.1, 0.15) is 6.42 Å². The first-order valence-corrected chi connectivity index (χ1v) is 5.25. The minimum Gasteiger partial charge on any atom is -0.381 e. The van der Waals surface area contributed by atoms with Gasteiger partial charge in [-0.1, -0.05) is 11.6 Å². The normalized spacial score (nSPS) is 15.8. The minimum absolute atomic E-state index is 0.0330. The maximum absolute atomic E-state index is 11.5. The van der Waals surface area contributed by atoms with E-state index in [0.29, 0.717) is 30.6 Å². The Morgan fingerprint density at radius 1 is 1.40 bits per heavy atom. The number of rotatable bonds is 3. The predicted octanol–water partition coefficient (Wildman–Crippen LogP) is 2.32. The van der Waals surface area contributed by atoms with E-state index in [2.05, 4.69) is 5.32 Å². The number of hydrogen-bond donors (Lipinski definition) is 1. The molecular formula is C11H12ClNO2. The molecule has 0 aromatic heterocycles. The van der Waals surface area contributed by atoms with E-state index in [-0.39, 0.29) is 5.91 Å². The highest BCUT2D eigenvalue weighted by atomic mass is 35.5. The molecule has 0 unspecified atom stereocenters. The molecule has 1 saturated heterocycles. The van der Waals surface area contributed by atoms with Gasteiger partial charge in [0.15, 0.2) is 0 Å². The van der Waals surface area contributed by atoms with Crippen LogP contribution in [0.15, 0.2) is 24.3 Å². The lowest BCUT2D eigenvalue weighted by Gasteiger charge is -2.25. The van der Waals surface area contributed by atoms with Crippen molar-refractivity contribution in [2.24, 2.45) is 5.92 Å². The van der Waals surface area contributed by atoms with Crippen molar-refractivity contribution in [3.05, 3.63) is 29.3 Å². The molecule has 3 nitrogen and oxygen atoms in total. The van der Waals surface area contributed by atoms with Gasteiger partial charge in [-0.15, -0.1) is 0 Å². The van der Waals surface area contributed by atoms with Crippen molar-refractivity contribution in [2.75, 3.05) is 18.5 Å². The highest BCUT2D eigenvalue weighted by Gasteiger charge is 2.21. The van der Waals surface area contributed by atoms with Gasteiger partial charge in [0, 0.05) is 23.0 Å². The molecule has 4 heteroatoms. The fourth-order valence-corrected chi connectivity index (χ4v) is 1.54. The number of carbonyl (C=O) groups excluding carboxylic acids is 1. The third-order valence-corrected chi connectivity index (χ3v) is 2.56. The van der Waals surface area contributed by atoms with Crippen molar-refractivity contribution in [2.45, 2.75) is 6.42 Å². The number of halogens is 1. The van der Waals surface area contributed by atoms with Crippen LogP contribution in [0.25, 0.3) is 0 Å². The Morgan fingerprint density at radius 2 is 2.07 bits per heavy atom. The SMILES string of the molecule is O=C(CC1COC1)Nc1ccc(Cl)cc1. The summed E-state index contributed by atoms with van der Waals surface area (Å²) >= 11 is 5.73. The first kappa shape index (κ1) is 10.5. The van der Waals surface area contributed by atoms with Gasteiger partial charge < -0.3 is 10.1 Å². The third kappa shape index (κ3) is 2.94. The molecule has 0 atom stereocenters. The lowest BCUT2D eigenvalue weighted by atomic mass is 10.0. The summed E-state index contributed by atoms with van der Waals surface area (Å²) in [4.78, 5) is 11.5. The fourth-order valence-electron chi connectivity index (χ4n) is 1.41. The van der Waals surface area contributed by atoms with Gasteiger partial charge >= 0.3 is 0 Å². The number of anilines is 1. The molecule has 0 radical (unpaired) electrons. The zero-order valence-corrected chi connectivity index (χ0v) is 8.96. The lowest BCUT2D eigenvalue weighted by molar-refractivity contribution is -0.121. The molecule has 0 spiro atoms. The molecule has 15 heavy (non-hydrogen) atoms. The van der Waals surface area contributed by atoms with E-state index in [0.717, 1.165) is 5.69 Å². The number of ether oxygens (including phenoxy) is 1. The van der Waals surface area contributed by atoms with E-state index in [4.69, 9.17) is 16.3 Å². The molecule has 1 aromatic carbocycles. The van der Waals surface area contributed by atoms with Crippen molar-refractivity contribution in [1.29, 1.82) is 0 Å². The summed E-state index contributed by atoms with van der Waals surface area (Å²) in [6.07, 6.45) is 0.530. The van der Waals surface area contributed by atoms with Crippen LogP contribution in [0.2, 0.25) is 5.02 Å². The Balaban J connectivity index is 1.84. The zero-order valence-electron chi connectivity index (χ0n) is 8.20. The average Bonchev–Trinajstić information content (AvgIpc) is 2.16. The second-order valence-electron chi connectivity index (χ2n) is 3.66. The van der Waals surface area contributed by atoms with Gasteiger partial charge in [-0.25, -0.2) is 0 Å². The molecule has 1 aliphatic rings. The Bertz CT molecular complexity index is 346. The van der Waals surface area contributed by atoms with Crippen molar-refractivity contribution >= 4 is 23.2 Å². The maximum atomic E-state index is 11.5. The molecule has 2 rings (SSSR count). The van der Waals surface area contributed by atoms with Crippen LogP contribution in [-0.2, 0) is 9.53 Å². The van der Waals surface area contributed by atoms with E-state index in [1.165, 1.54) is 0 Å². The van der Waals surface area contributed by atoms with Crippen LogP contribution in [0, 0.1) is 5.92 Å². The molecular weight excluding hydrogens is 214 g/mol. The van der Waals surface area contributed by atoms with Crippen LogP contribution >= 0.6 is 11.6 Å². The number of carbonyl (C=O) groups is 1. The fraction of sp³-hybridized carbons (Fsp3) is 0.364. The van der Waals surface area contributed by atoms with Gasteiger partial charge in [-0.2, -0.15) is 0 Å². The number of hydrogen-bond acceptors (Lipinski definition) is 2. The van der Waals surface area contributed by atoms with E-state index in [1.54, 1.807) is 24.3 Å². The molecule has 1 aromatic rings. The molecule has 1 N–H and O–H groups in total. The summed E-state index contributed by atoms with van der Waals surface area (Å²) in [7, 11) is 0. The van der Waals surface area contributed by atoms with E-state index in [9.17, 15) is 4.79 Å². The highest BCUT2D eigenvalue weighted by molar-refractivity contribution is 6.30. The van der Waals surface area contributed by atoms with Gasteiger partial charge in [0.25, 0.3) is 0 Å². The second-order valence-corrected chi connectivity index (χ2v) is 4.10. The molecule has 80 valence electrons. The van der Waals surface area contributed by atoms with Gasteiger partial charge in [-0.05, 0) is 24.3 Å². The van der Waals surface area contributed by atoms with E-state index < -0.39 is 0 Å². The molecule has 0 aliphatic carbocycles. The molecule has 1 fully saturated rings. The first-order chi connectivity index (χ1) is 7.24. The van der Waals surface area contributed by atoms with Crippen molar-refractivity contribution < 1.29 is 9.53 Å². The standard InChI is InChI=1S/C11H12ClNO2/c12-9-1-3-10(4-2-9)13-11(14)5-8-6-15-7-8/h1-4,8H,5-7H2,(H,13,14). The number of amides is 1. The summed E-state index contributed by atoms with van der Waals surface area (Å²) in [5, 5.41) is 3.48. The molecule has 1 heterocycles. The first-order valence-electron chi connectivity index (χ1n) is 4.87. The van der Waals surface area contributed by atoms with Crippen LogP contribution < -0.4 is 5.32 Å². The van der Waals surface area contributed by atoms with Crippen molar-refractivity contribution in [3.63, 3.8) is 0 Å². The molecule has 0 saturated carbocycles. The minimum atomic E-state index is 0.0330. The largest absolute Gasteiger partial charge is 0.381 e. The lowest BCUT2D eigenvalue weighted by Crippen LogP contribution is -2.31. The quantitative estimate of drug-likeness (QED) is 0.858.